The van der Waals surface area contributed by atoms with E-state index < -0.39 is 0 Å². The van der Waals surface area contributed by atoms with Crippen molar-refractivity contribution in [1.82, 2.24) is 4.90 Å². The van der Waals surface area contributed by atoms with Gasteiger partial charge in [-0.2, -0.15) is 0 Å². The Kier molecular flexibility index (Phi) is 5.49. The zero-order chi connectivity index (χ0) is 12.8. The number of benzene rings is 1. The highest BCUT2D eigenvalue weighted by atomic mass is 35.5. The third-order valence-electron chi connectivity index (χ3n) is 2.76. The highest BCUT2D eigenvalue weighted by Crippen LogP contribution is 2.07. The molecular weight excluding hydrogens is 234 g/mol. The number of alkyl halides is 1. The normalized spacial score (nSPS) is 12.2. The average Bonchev–Trinajstić information content (AvgIpc) is 2.28. The molecule has 0 heterocycles. The second-order valence-corrected chi connectivity index (χ2v) is 5.29. The Morgan fingerprint density at radius 2 is 1.94 bits per heavy atom. The molecule has 1 rings (SSSR count). The molecular formula is C14H20ClNO. The first kappa shape index (κ1) is 14.0. The minimum atomic E-state index is 0.115. The highest BCUT2D eigenvalue weighted by molar-refractivity contribution is 6.20. The first-order chi connectivity index (χ1) is 7.99. The standard InChI is InChI=1S/C14H20ClNO/c1-11-4-6-13(7-5-11)10-14(17)16(3)9-8-12(2)15/h4-7,12H,8-10H2,1-3H3. The van der Waals surface area contributed by atoms with E-state index in [2.05, 4.69) is 0 Å². The quantitative estimate of drug-likeness (QED) is 0.739. The number of halogens is 1. The van der Waals surface area contributed by atoms with E-state index in [4.69, 9.17) is 11.6 Å². The summed E-state index contributed by atoms with van der Waals surface area (Å²) in [5.41, 5.74) is 2.27. The van der Waals surface area contributed by atoms with E-state index in [1.54, 1.807) is 4.90 Å². The van der Waals surface area contributed by atoms with Gasteiger partial charge in [-0.05, 0) is 25.8 Å². The Morgan fingerprint density at radius 3 is 2.47 bits per heavy atom. The van der Waals surface area contributed by atoms with Crippen molar-refractivity contribution in [3.8, 4) is 0 Å². The van der Waals surface area contributed by atoms with E-state index in [-0.39, 0.29) is 11.3 Å². The van der Waals surface area contributed by atoms with E-state index >= 15 is 0 Å². The molecule has 94 valence electrons. The molecule has 1 aromatic rings. The topological polar surface area (TPSA) is 20.3 Å². The van der Waals surface area contributed by atoms with Gasteiger partial charge in [0.2, 0.25) is 5.91 Å². The molecule has 0 aliphatic carbocycles. The van der Waals surface area contributed by atoms with Crippen LogP contribution in [0.1, 0.15) is 24.5 Å². The van der Waals surface area contributed by atoms with Crippen LogP contribution < -0.4 is 0 Å². The molecule has 17 heavy (non-hydrogen) atoms. The first-order valence-electron chi connectivity index (χ1n) is 5.92. The predicted octanol–water partition coefficient (Wildman–Crippen LogP) is 3.01. The number of carbonyl (C=O) groups excluding carboxylic acids is 1. The van der Waals surface area contributed by atoms with Crippen molar-refractivity contribution in [2.75, 3.05) is 13.6 Å². The Hall–Kier alpha value is -1.02. The number of amides is 1. The van der Waals surface area contributed by atoms with Gasteiger partial charge >= 0.3 is 0 Å². The Bertz CT molecular complexity index is 359. The first-order valence-corrected chi connectivity index (χ1v) is 6.36. The summed E-state index contributed by atoms with van der Waals surface area (Å²) in [6, 6.07) is 8.07. The maximum Gasteiger partial charge on any atom is 0.226 e. The van der Waals surface area contributed by atoms with Crippen LogP contribution in [0, 0.1) is 6.92 Å². The van der Waals surface area contributed by atoms with Gasteiger partial charge in [0.25, 0.3) is 0 Å². The van der Waals surface area contributed by atoms with Gasteiger partial charge in [0.15, 0.2) is 0 Å². The molecule has 0 bridgehead atoms. The van der Waals surface area contributed by atoms with E-state index in [1.165, 1.54) is 5.56 Å². The molecule has 0 aliphatic heterocycles. The lowest BCUT2D eigenvalue weighted by molar-refractivity contribution is -0.129. The third-order valence-corrected chi connectivity index (χ3v) is 2.98. The van der Waals surface area contributed by atoms with Crippen molar-refractivity contribution in [3.63, 3.8) is 0 Å². The van der Waals surface area contributed by atoms with Gasteiger partial charge in [-0.3, -0.25) is 4.79 Å². The number of hydrogen-bond acceptors (Lipinski definition) is 1. The Balaban J connectivity index is 2.45. The molecule has 0 N–H and O–H groups in total. The van der Waals surface area contributed by atoms with Gasteiger partial charge in [-0.15, -0.1) is 11.6 Å². The summed E-state index contributed by atoms with van der Waals surface area (Å²) < 4.78 is 0. The van der Waals surface area contributed by atoms with Crippen molar-refractivity contribution in [3.05, 3.63) is 35.4 Å². The molecule has 1 aromatic carbocycles. The molecule has 0 fully saturated rings. The van der Waals surface area contributed by atoms with Crippen LogP contribution in [0.5, 0.6) is 0 Å². The molecule has 1 atom stereocenters. The summed E-state index contributed by atoms with van der Waals surface area (Å²) in [6.45, 7) is 4.70. The lowest BCUT2D eigenvalue weighted by atomic mass is 10.1. The summed E-state index contributed by atoms with van der Waals surface area (Å²) in [6.07, 6.45) is 1.30. The highest BCUT2D eigenvalue weighted by Gasteiger charge is 2.10. The van der Waals surface area contributed by atoms with Crippen LogP contribution in [0.15, 0.2) is 24.3 Å². The molecule has 3 heteroatoms. The van der Waals surface area contributed by atoms with E-state index in [0.29, 0.717) is 6.42 Å². The van der Waals surface area contributed by atoms with E-state index in [9.17, 15) is 4.79 Å². The van der Waals surface area contributed by atoms with Crippen LogP contribution in [0.25, 0.3) is 0 Å². The van der Waals surface area contributed by atoms with E-state index in [1.807, 2.05) is 45.2 Å². The van der Waals surface area contributed by atoms with Gasteiger partial charge in [0, 0.05) is 19.0 Å². The molecule has 0 aromatic heterocycles. The number of nitrogens with zero attached hydrogens (tertiary/aromatic N) is 1. The van der Waals surface area contributed by atoms with Crippen LogP contribution in [0.2, 0.25) is 0 Å². The smallest absolute Gasteiger partial charge is 0.226 e. The summed E-state index contributed by atoms with van der Waals surface area (Å²) in [5.74, 6) is 0.145. The minimum Gasteiger partial charge on any atom is -0.345 e. The fourth-order valence-corrected chi connectivity index (χ4v) is 1.61. The second kappa shape index (κ2) is 6.65. The van der Waals surface area contributed by atoms with Gasteiger partial charge in [-0.25, -0.2) is 0 Å². The van der Waals surface area contributed by atoms with Crippen molar-refractivity contribution in [2.45, 2.75) is 32.1 Å². The Labute approximate surface area is 109 Å². The second-order valence-electron chi connectivity index (χ2n) is 4.55. The number of hydrogen-bond donors (Lipinski definition) is 0. The molecule has 2 nitrogen and oxygen atoms in total. The third kappa shape index (κ3) is 5.22. The van der Waals surface area contributed by atoms with Crippen molar-refractivity contribution >= 4 is 17.5 Å². The molecule has 0 aliphatic rings. The SMILES string of the molecule is Cc1ccc(CC(=O)N(C)CCC(C)Cl)cc1. The zero-order valence-corrected chi connectivity index (χ0v) is 11.5. The maximum atomic E-state index is 11.9. The van der Waals surface area contributed by atoms with Gasteiger partial charge in [-0.1, -0.05) is 29.8 Å². The van der Waals surface area contributed by atoms with Crippen molar-refractivity contribution in [2.24, 2.45) is 0 Å². The van der Waals surface area contributed by atoms with Crippen LogP contribution in [0.4, 0.5) is 0 Å². The fourth-order valence-electron chi connectivity index (χ4n) is 1.51. The fraction of sp³-hybridized carbons (Fsp3) is 0.500. The van der Waals surface area contributed by atoms with Crippen molar-refractivity contribution in [1.29, 1.82) is 0 Å². The van der Waals surface area contributed by atoms with Crippen molar-refractivity contribution < 1.29 is 4.79 Å². The molecule has 0 saturated heterocycles. The van der Waals surface area contributed by atoms with Crippen LogP contribution >= 0.6 is 11.6 Å². The van der Waals surface area contributed by atoms with Gasteiger partial charge in [0.05, 0.1) is 6.42 Å². The predicted molar refractivity (Wildman–Crippen MR) is 72.5 cm³/mol. The summed E-state index contributed by atoms with van der Waals surface area (Å²) >= 11 is 5.87. The number of rotatable bonds is 5. The Morgan fingerprint density at radius 1 is 1.35 bits per heavy atom. The lowest BCUT2D eigenvalue weighted by Crippen LogP contribution is -2.30. The number of carbonyl (C=O) groups is 1. The lowest BCUT2D eigenvalue weighted by Gasteiger charge is -2.17. The molecule has 0 radical (unpaired) electrons. The van der Waals surface area contributed by atoms with Gasteiger partial charge < -0.3 is 4.90 Å². The molecule has 0 saturated carbocycles. The summed E-state index contributed by atoms with van der Waals surface area (Å²) in [5, 5.41) is 0.115. The van der Waals surface area contributed by atoms with Gasteiger partial charge in [0.1, 0.15) is 0 Å². The summed E-state index contributed by atoms with van der Waals surface area (Å²) in [7, 11) is 1.83. The summed E-state index contributed by atoms with van der Waals surface area (Å²) in [4.78, 5) is 13.6. The molecule has 0 spiro atoms. The average molecular weight is 254 g/mol. The molecule has 1 amide bonds. The molecule has 1 unspecified atom stereocenters. The van der Waals surface area contributed by atoms with Crippen LogP contribution in [-0.2, 0) is 11.2 Å². The minimum absolute atomic E-state index is 0.115. The number of aryl methyl sites for hydroxylation is 1. The maximum absolute atomic E-state index is 11.9. The number of likely N-dealkylation sites (N-methyl/N-ethyl adjacent to an activating group) is 1. The largest absolute Gasteiger partial charge is 0.345 e. The monoisotopic (exact) mass is 253 g/mol. The van der Waals surface area contributed by atoms with Crippen LogP contribution in [0.3, 0.4) is 0 Å². The van der Waals surface area contributed by atoms with Crippen LogP contribution in [-0.4, -0.2) is 29.8 Å². The van der Waals surface area contributed by atoms with E-state index in [0.717, 1.165) is 18.5 Å². The zero-order valence-electron chi connectivity index (χ0n) is 10.7.